The third-order valence-corrected chi connectivity index (χ3v) is 3.30. The van der Waals surface area contributed by atoms with Gasteiger partial charge >= 0.3 is 0 Å². The summed E-state index contributed by atoms with van der Waals surface area (Å²) in [4.78, 5) is 11.8. The maximum atomic E-state index is 11.8. The van der Waals surface area contributed by atoms with Crippen molar-refractivity contribution in [1.29, 1.82) is 0 Å². The van der Waals surface area contributed by atoms with Crippen LogP contribution in [0.5, 0.6) is 0 Å². The molecule has 2 rings (SSSR count). The number of hydrogen-bond acceptors (Lipinski definition) is 2. The molecule has 0 aliphatic heterocycles. The smallest absolute Gasteiger partial charge is 0.250 e. The van der Waals surface area contributed by atoms with E-state index in [1.54, 1.807) is 30.3 Å². The van der Waals surface area contributed by atoms with Crippen LogP contribution in [0.4, 0.5) is 5.69 Å². The molecule has 3 nitrogen and oxygen atoms in total. The Morgan fingerprint density at radius 1 is 1.09 bits per heavy atom. The number of carbonyl (C=O) groups is 1. The van der Waals surface area contributed by atoms with Gasteiger partial charge in [-0.2, -0.15) is 0 Å². The lowest BCUT2D eigenvalue weighted by Gasteiger charge is -2.07. The number of rotatable bonds is 3. The second kappa shape index (κ2) is 7.73. The predicted molar refractivity (Wildman–Crippen MR) is 96.0 cm³/mol. The lowest BCUT2D eigenvalue weighted by molar-refractivity contribution is -0.115. The molecule has 0 unspecified atom stereocenters. The summed E-state index contributed by atoms with van der Waals surface area (Å²) < 4.78 is 0. The van der Waals surface area contributed by atoms with Crippen molar-refractivity contribution in [2.24, 2.45) is 0 Å². The maximum absolute atomic E-state index is 11.8. The average molecular weight is 331 g/mol. The lowest BCUT2D eigenvalue weighted by atomic mass is 10.1. The van der Waals surface area contributed by atoms with E-state index in [0.717, 1.165) is 11.3 Å². The molecule has 0 bridgehead atoms. The van der Waals surface area contributed by atoms with Crippen LogP contribution in [0.2, 0.25) is 5.02 Å². The first-order chi connectivity index (χ1) is 10.5. The Balaban J connectivity index is 1.87. The van der Waals surface area contributed by atoms with Crippen LogP contribution in [0.15, 0.2) is 54.6 Å². The normalized spacial score (nSPS) is 10.5. The van der Waals surface area contributed by atoms with Gasteiger partial charge in [0.2, 0.25) is 5.91 Å². The van der Waals surface area contributed by atoms with Crippen LogP contribution >= 0.6 is 23.8 Å². The van der Waals surface area contributed by atoms with Gasteiger partial charge in [-0.05, 0) is 55.0 Å². The van der Waals surface area contributed by atoms with Crippen LogP contribution in [-0.4, -0.2) is 11.0 Å². The Labute approximate surface area is 140 Å². The molecule has 112 valence electrons. The number of anilines is 1. The van der Waals surface area contributed by atoms with Gasteiger partial charge in [-0.3, -0.25) is 10.1 Å². The quantitative estimate of drug-likeness (QED) is 0.655. The number of amides is 1. The molecule has 0 aliphatic rings. The topological polar surface area (TPSA) is 41.1 Å². The molecule has 0 aliphatic carbocycles. The van der Waals surface area contributed by atoms with Gasteiger partial charge in [-0.1, -0.05) is 41.4 Å². The average Bonchev–Trinajstić information content (AvgIpc) is 2.49. The fraction of sp³-hybridized carbons (Fsp3) is 0.0588. The van der Waals surface area contributed by atoms with Crippen molar-refractivity contribution in [2.45, 2.75) is 6.92 Å². The van der Waals surface area contributed by atoms with Crippen molar-refractivity contribution in [2.75, 3.05) is 5.32 Å². The number of carbonyl (C=O) groups excluding carboxylic acids is 1. The molecule has 0 heterocycles. The van der Waals surface area contributed by atoms with Gasteiger partial charge in [0, 0.05) is 16.8 Å². The minimum Gasteiger partial charge on any atom is -0.332 e. The Hall–Kier alpha value is -2.17. The van der Waals surface area contributed by atoms with Gasteiger partial charge in [0.1, 0.15) is 0 Å². The van der Waals surface area contributed by atoms with E-state index in [0.29, 0.717) is 5.02 Å². The highest BCUT2D eigenvalue weighted by molar-refractivity contribution is 7.80. The van der Waals surface area contributed by atoms with Crippen molar-refractivity contribution in [1.82, 2.24) is 5.32 Å². The van der Waals surface area contributed by atoms with Crippen molar-refractivity contribution < 1.29 is 4.79 Å². The third-order valence-electron chi connectivity index (χ3n) is 2.84. The van der Waals surface area contributed by atoms with Gasteiger partial charge in [0.05, 0.1) is 0 Å². The van der Waals surface area contributed by atoms with E-state index >= 15 is 0 Å². The van der Waals surface area contributed by atoms with E-state index in [1.165, 1.54) is 11.6 Å². The minimum atomic E-state index is -0.285. The molecule has 1 amide bonds. The van der Waals surface area contributed by atoms with Gasteiger partial charge in [0.15, 0.2) is 5.11 Å². The first kappa shape index (κ1) is 16.2. The summed E-state index contributed by atoms with van der Waals surface area (Å²) in [6.45, 7) is 2.01. The van der Waals surface area contributed by atoms with Crippen LogP contribution in [-0.2, 0) is 4.79 Å². The number of halogens is 1. The highest BCUT2D eigenvalue weighted by atomic mass is 35.5. The minimum absolute atomic E-state index is 0.237. The number of aryl methyl sites for hydroxylation is 1. The lowest BCUT2D eigenvalue weighted by Crippen LogP contribution is -2.32. The van der Waals surface area contributed by atoms with Crippen molar-refractivity contribution in [3.8, 4) is 0 Å². The van der Waals surface area contributed by atoms with Crippen LogP contribution in [0.3, 0.4) is 0 Å². The van der Waals surface area contributed by atoms with E-state index < -0.39 is 0 Å². The summed E-state index contributed by atoms with van der Waals surface area (Å²) in [5.41, 5.74) is 2.89. The monoisotopic (exact) mass is 330 g/mol. The van der Waals surface area contributed by atoms with E-state index in [1.807, 2.05) is 31.2 Å². The van der Waals surface area contributed by atoms with E-state index in [4.69, 9.17) is 23.8 Å². The number of hydrogen-bond donors (Lipinski definition) is 2. The highest BCUT2D eigenvalue weighted by Gasteiger charge is 2.01. The molecular formula is C17H15ClN2OS. The molecule has 5 heteroatoms. The molecule has 0 atom stereocenters. The van der Waals surface area contributed by atoms with E-state index in [9.17, 15) is 4.79 Å². The van der Waals surface area contributed by atoms with E-state index in [-0.39, 0.29) is 11.0 Å². The number of thiocarbonyl (C=S) groups is 1. The fourth-order valence-electron chi connectivity index (χ4n) is 1.70. The molecule has 0 fully saturated rings. The molecule has 0 aromatic heterocycles. The summed E-state index contributed by atoms with van der Waals surface area (Å²) in [5.74, 6) is -0.285. The standard InChI is InChI=1S/C17H15ClN2OS/c1-12-2-4-13(5-3-12)6-11-16(21)20-17(22)19-15-9-7-14(18)8-10-15/h2-11H,1H3,(H2,19,20,21,22)/b11-6+. The summed E-state index contributed by atoms with van der Waals surface area (Å²) in [5, 5.41) is 6.38. The Kier molecular flexibility index (Phi) is 5.69. The SMILES string of the molecule is Cc1ccc(/C=C/C(=O)NC(=S)Nc2ccc(Cl)cc2)cc1. The second-order valence-corrected chi connectivity index (χ2v) is 5.54. The summed E-state index contributed by atoms with van der Waals surface area (Å²) in [6, 6.07) is 14.9. The molecule has 2 N–H and O–H groups in total. The highest BCUT2D eigenvalue weighted by Crippen LogP contribution is 2.13. The van der Waals surface area contributed by atoms with Gasteiger partial charge < -0.3 is 5.32 Å². The Bertz CT molecular complexity index is 694. The second-order valence-electron chi connectivity index (χ2n) is 4.69. The molecule has 0 saturated heterocycles. The zero-order valence-electron chi connectivity index (χ0n) is 12.0. The van der Waals surface area contributed by atoms with Gasteiger partial charge in [-0.25, -0.2) is 0 Å². The number of nitrogens with one attached hydrogen (secondary N) is 2. The summed E-state index contributed by atoms with van der Waals surface area (Å²) in [7, 11) is 0. The molecule has 2 aromatic carbocycles. The van der Waals surface area contributed by atoms with Crippen molar-refractivity contribution in [3.05, 3.63) is 70.8 Å². The Morgan fingerprint density at radius 3 is 2.36 bits per heavy atom. The first-order valence-electron chi connectivity index (χ1n) is 6.65. The fourth-order valence-corrected chi connectivity index (χ4v) is 2.04. The van der Waals surface area contributed by atoms with Crippen LogP contribution in [0, 0.1) is 6.92 Å². The zero-order valence-corrected chi connectivity index (χ0v) is 13.5. The third kappa shape index (κ3) is 5.31. The summed E-state index contributed by atoms with van der Waals surface area (Å²) in [6.07, 6.45) is 3.18. The van der Waals surface area contributed by atoms with Crippen molar-refractivity contribution in [3.63, 3.8) is 0 Å². The first-order valence-corrected chi connectivity index (χ1v) is 7.44. The molecule has 0 saturated carbocycles. The predicted octanol–water partition coefficient (Wildman–Crippen LogP) is 4.17. The molecule has 22 heavy (non-hydrogen) atoms. The summed E-state index contributed by atoms with van der Waals surface area (Å²) >= 11 is 10.9. The Morgan fingerprint density at radius 2 is 1.73 bits per heavy atom. The van der Waals surface area contributed by atoms with E-state index in [2.05, 4.69) is 10.6 Å². The molecular weight excluding hydrogens is 316 g/mol. The molecule has 2 aromatic rings. The van der Waals surface area contributed by atoms with Crippen LogP contribution < -0.4 is 10.6 Å². The van der Waals surface area contributed by atoms with Crippen LogP contribution in [0.25, 0.3) is 6.08 Å². The maximum Gasteiger partial charge on any atom is 0.250 e. The zero-order chi connectivity index (χ0) is 15.9. The molecule has 0 radical (unpaired) electrons. The van der Waals surface area contributed by atoms with Gasteiger partial charge in [-0.15, -0.1) is 0 Å². The van der Waals surface area contributed by atoms with Gasteiger partial charge in [0.25, 0.3) is 0 Å². The van der Waals surface area contributed by atoms with Crippen LogP contribution in [0.1, 0.15) is 11.1 Å². The van der Waals surface area contributed by atoms with Crippen molar-refractivity contribution >= 4 is 46.6 Å². The largest absolute Gasteiger partial charge is 0.332 e. The number of benzene rings is 2. The molecule has 0 spiro atoms.